The summed E-state index contributed by atoms with van der Waals surface area (Å²) in [5, 5.41) is 9.67. The molecule has 0 heterocycles. The Labute approximate surface area is 342 Å². The molecule has 0 radical (unpaired) electrons. The molecular weight excluding hydrogens is 773 g/mol. The maximum absolute atomic E-state index is 12.8. The van der Waals surface area contributed by atoms with E-state index in [0.717, 1.165) is 54.5 Å². The lowest BCUT2D eigenvalue weighted by molar-refractivity contribution is -0.200. The minimum absolute atomic E-state index is 0.201. The third-order valence-electron chi connectivity index (χ3n) is 9.88. The summed E-state index contributed by atoms with van der Waals surface area (Å²) in [6.07, 6.45) is 2.80. The maximum Gasteiger partial charge on any atom is 0.519 e. The van der Waals surface area contributed by atoms with Crippen LogP contribution in [0.15, 0.2) is 91.0 Å². The second-order valence-corrected chi connectivity index (χ2v) is 28.9. The van der Waals surface area contributed by atoms with Gasteiger partial charge in [0.05, 0.1) is 14.2 Å². The molecule has 57 heavy (non-hydrogen) atoms. The summed E-state index contributed by atoms with van der Waals surface area (Å²) in [5.41, 5.74) is 4.32. The first kappa shape index (κ1) is 45.7. The highest BCUT2D eigenvalue weighted by Crippen LogP contribution is 2.34. The van der Waals surface area contributed by atoms with Crippen molar-refractivity contribution in [2.24, 2.45) is 0 Å². The lowest BCUT2D eigenvalue weighted by Crippen LogP contribution is -2.52. The number of aliphatic hydroxyl groups excluding tert-OH is 1. The van der Waals surface area contributed by atoms with E-state index in [1.807, 2.05) is 54.6 Å². The molecule has 0 aliphatic carbocycles. The number of ether oxygens (including phenoxy) is 6. The molecule has 1 atom stereocenters. The number of hydrogen-bond donors (Lipinski definition) is 1. The van der Waals surface area contributed by atoms with Gasteiger partial charge in [-0.2, -0.15) is 0 Å². The summed E-state index contributed by atoms with van der Waals surface area (Å²) < 4.78 is 46.0. The van der Waals surface area contributed by atoms with Gasteiger partial charge in [0.15, 0.2) is 39.6 Å². The average molecular weight is 835 g/mol. The molecule has 0 aliphatic rings. The molecule has 0 aliphatic heterocycles. The number of hydrogen-bond acceptors (Lipinski definition) is 10. The van der Waals surface area contributed by atoms with E-state index in [1.54, 1.807) is 38.5 Å². The molecule has 4 aromatic rings. The Balaban J connectivity index is 1.23. The molecule has 0 spiro atoms. The van der Waals surface area contributed by atoms with Crippen molar-refractivity contribution in [1.82, 2.24) is 0 Å². The van der Waals surface area contributed by atoms with E-state index in [4.69, 9.17) is 36.7 Å². The summed E-state index contributed by atoms with van der Waals surface area (Å²) in [6, 6.07) is 31.1. The Morgan fingerprint density at radius 1 is 0.632 bits per heavy atom. The number of aryl methyl sites for hydroxylation is 2. The van der Waals surface area contributed by atoms with Crippen LogP contribution in [0.4, 0.5) is 4.79 Å². The van der Waals surface area contributed by atoms with Crippen molar-refractivity contribution < 1.29 is 46.6 Å². The van der Waals surface area contributed by atoms with Crippen LogP contribution in [-0.2, 0) is 31.2 Å². The van der Waals surface area contributed by atoms with Crippen molar-refractivity contribution >= 4 is 31.4 Å². The van der Waals surface area contributed by atoms with E-state index in [2.05, 4.69) is 65.3 Å². The van der Waals surface area contributed by atoms with Crippen LogP contribution in [-0.4, -0.2) is 64.3 Å². The first-order valence-corrected chi connectivity index (χ1v) is 28.6. The van der Waals surface area contributed by atoms with Gasteiger partial charge in [0.2, 0.25) is 0 Å². The quantitative estimate of drug-likeness (QED) is 0.0377. The van der Waals surface area contributed by atoms with Crippen molar-refractivity contribution in [3.05, 3.63) is 113 Å². The van der Waals surface area contributed by atoms with Crippen molar-refractivity contribution in [3.8, 4) is 28.7 Å². The Morgan fingerprint density at radius 3 is 1.63 bits per heavy atom. The SMILES string of the molecule is COc1cc(CCC[Si](C)(C)O[Si](C)(C)O[Si](C)(C)CCCc2ccc(OC(O)OC)c(OC)c2)ccc1OC(=O)Oc1ccc(C(C)(C)c2ccccc2)cc1. The van der Waals surface area contributed by atoms with Crippen LogP contribution in [0.25, 0.3) is 0 Å². The Hall–Kier alpha value is -3.96. The molecule has 4 rings (SSSR count). The minimum Gasteiger partial charge on any atom is -0.493 e. The summed E-state index contributed by atoms with van der Waals surface area (Å²) in [6.45, 7) is 16.4. The molecule has 0 saturated heterocycles. The van der Waals surface area contributed by atoms with Crippen LogP contribution in [0.2, 0.25) is 51.4 Å². The molecule has 0 amide bonds. The highest BCUT2D eigenvalue weighted by Gasteiger charge is 2.39. The van der Waals surface area contributed by atoms with Crippen LogP contribution < -0.4 is 23.7 Å². The predicted molar refractivity (Wildman–Crippen MR) is 232 cm³/mol. The van der Waals surface area contributed by atoms with Gasteiger partial charge in [-0.1, -0.05) is 68.4 Å². The normalized spacial score (nSPS) is 12.8. The lowest BCUT2D eigenvalue weighted by Gasteiger charge is -2.39. The summed E-state index contributed by atoms with van der Waals surface area (Å²) in [4.78, 5) is 12.8. The third kappa shape index (κ3) is 14.1. The van der Waals surface area contributed by atoms with Crippen molar-refractivity contribution in [2.45, 2.75) is 103 Å². The van der Waals surface area contributed by atoms with Crippen LogP contribution in [0.5, 0.6) is 28.7 Å². The molecule has 4 aromatic carbocycles. The smallest absolute Gasteiger partial charge is 0.493 e. The van der Waals surface area contributed by atoms with Crippen molar-refractivity contribution in [3.63, 3.8) is 0 Å². The monoisotopic (exact) mass is 834 g/mol. The Bertz CT molecular complexity index is 1880. The van der Waals surface area contributed by atoms with Crippen molar-refractivity contribution in [2.75, 3.05) is 21.3 Å². The van der Waals surface area contributed by atoms with Gasteiger partial charge in [0, 0.05) is 12.5 Å². The first-order chi connectivity index (χ1) is 26.8. The van der Waals surface area contributed by atoms with E-state index in [0.29, 0.717) is 28.7 Å². The lowest BCUT2D eigenvalue weighted by atomic mass is 9.78. The van der Waals surface area contributed by atoms with E-state index < -0.39 is 37.8 Å². The van der Waals surface area contributed by atoms with Gasteiger partial charge in [-0.05, 0) is 136 Å². The standard InChI is InChI=1S/C44H62O10Si3/c1-44(2,35-19-13-12-14-20-35)36-23-25-37(26-24-36)50-43(46)52-39-28-22-34(32-41(39)48-4)18-16-30-56(8,9)54-57(10,11)53-55(6,7)29-15-17-33-21-27-38(40(31-33)47-3)51-42(45)49-5/h12-14,19-28,31-32,42,45H,15-18,29-30H2,1-11H3. The highest BCUT2D eigenvalue weighted by molar-refractivity contribution is 6.87. The van der Waals surface area contributed by atoms with E-state index in [1.165, 1.54) is 12.7 Å². The van der Waals surface area contributed by atoms with Crippen LogP contribution >= 0.6 is 0 Å². The second-order valence-electron chi connectivity index (χ2n) is 16.4. The van der Waals surface area contributed by atoms with Crippen LogP contribution in [0.3, 0.4) is 0 Å². The van der Waals surface area contributed by atoms with E-state index in [9.17, 15) is 9.90 Å². The average Bonchev–Trinajstić information content (AvgIpc) is 3.15. The van der Waals surface area contributed by atoms with Crippen molar-refractivity contribution in [1.29, 1.82) is 0 Å². The molecule has 310 valence electrons. The molecule has 13 heteroatoms. The molecular formula is C44H62O10Si3. The fourth-order valence-electron chi connectivity index (χ4n) is 7.13. The number of aliphatic hydroxyl groups is 1. The third-order valence-corrected chi connectivity index (χ3v) is 21.4. The first-order valence-electron chi connectivity index (χ1n) is 19.5. The van der Waals surface area contributed by atoms with E-state index in [-0.39, 0.29) is 5.41 Å². The predicted octanol–water partition coefficient (Wildman–Crippen LogP) is 10.6. The molecule has 0 fully saturated rings. The van der Waals surface area contributed by atoms with Crippen LogP contribution in [0, 0.1) is 0 Å². The highest BCUT2D eigenvalue weighted by atomic mass is 28.5. The zero-order valence-electron chi connectivity index (χ0n) is 35.6. The summed E-state index contributed by atoms with van der Waals surface area (Å²) >= 11 is 0. The Morgan fingerprint density at radius 2 is 1.12 bits per heavy atom. The molecule has 0 saturated carbocycles. The van der Waals surface area contributed by atoms with Gasteiger partial charge in [0.1, 0.15) is 5.75 Å². The van der Waals surface area contributed by atoms with Gasteiger partial charge in [-0.25, -0.2) is 4.79 Å². The number of benzene rings is 4. The molecule has 0 bridgehead atoms. The maximum atomic E-state index is 12.8. The number of rotatable bonds is 21. The minimum atomic E-state index is -2.40. The topological polar surface area (TPSA) is 111 Å². The van der Waals surface area contributed by atoms with Gasteiger partial charge in [-0.3, -0.25) is 0 Å². The molecule has 10 nitrogen and oxygen atoms in total. The zero-order valence-corrected chi connectivity index (χ0v) is 38.6. The van der Waals surface area contributed by atoms with Gasteiger partial charge in [0.25, 0.3) is 0 Å². The number of carbonyl (C=O) groups is 1. The molecule has 0 aromatic heterocycles. The fraction of sp³-hybridized carbons (Fsp3) is 0.432. The largest absolute Gasteiger partial charge is 0.519 e. The van der Waals surface area contributed by atoms with Gasteiger partial charge >= 0.3 is 21.2 Å². The number of carbonyl (C=O) groups excluding carboxylic acids is 1. The molecule has 1 N–H and O–H groups in total. The fourth-order valence-corrected chi connectivity index (χ4v) is 21.2. The summed E-state index contributed by atoms with van der Waals surface area (Å²) in [5.74, 6) is 2.15. The van der Waals surface area contributed by atoms with Gasteiger partial charge < -0.3 is 41.8 Å². The van der Waals surface area contributed by atoms with Crippen LogP contribution in [0.1, 0.15) is 48.9 Å². The Kier molecular flexibility index (Phi) is 16.2. The van der Waals surface area contributed by atoms with Gasteiger partial charge in [-0.15, -0.1) is 0 Å². The molecule has 1 unspecified atom stereocenters. The van der Waals surface area contributed by atoms with E-state index >= 15 is 0 Å². The number of methoxy groups -OCH3 is 3. The zero-order chi connectivity index (χ0) is 41.9. The summed E-state index contributed by atoms with van der Waals surface area (Å²) in [7, 11) is -1.94. The second kappa shape index (κ2) is 20.1.